The van der Waals surface area contributed by atoms with Crippen molar-refractivity contribution in [3.8, 4) is 11.1 Å². The number of fused-ring (bicyclic) bond motifs is 2. The van der Waals surface area contributed by atoms with Crippen molar-refractivity contribution in [3.05, 3.63) is 84.4 Å². The molecule has 1 unspecified atom stereocenters. The van der Waals surface area contributed by atoms with E-state index in [9.17, 15) is 5.11 Å². The zero-order valence-electron chi connectivity index (χ0n) is 13.0. The van der Waals surface area contributed by atoms with Gasteiger partial charge in [-0.1, -0.05) is 78.9 Å². The Labute approximate surface area is 135 Å². The molecule has 0 aliphatic carbocycles. The van der Waals surface area contributed by atoms with Crippen LogP contribution in [0, 0.1) is 0 Å². The highest BCUT2D eigenvalue weighted by Crippen LogP contribution is 2.37. The fourth-order valence-corrected chi connectivity index (χ4v) is 3.43. The molecule has 0 heterocycles. The second kappa shape index (κ2) is 5.53. The van der Waals surface area contributed by atoms with E-state index >= 15 is 0 Å². The SMILES string of the molecule is CC([O])c1c(-c2cccc3ccccc23)ccc2ccccc12. The average molecular weight is 297 g/mol. The largest absolute Gasteiger partial charge is 0.228 e. The van der Waals surface area contributed by atoms with Gasteiger partial charge in [-0.2, -0.15) is 0 Å². The molecular formula is C22H17O. The van der Waals surface area contributed by atoms with Gasteiger partial charge in [0, 0.05) is 0 Å². The molecular weight excluding hydrogens is 280 g/mol. The van der Waals surface area contributed by atoms with Gasteiger partial charge in [0.15, 0.2) is 0 Å². The molecule has 4 aromatic rings. The Hall–Kier alpha value is -2.64. The lowest BCUT2D eigenvalue weighted by molar-refractivity contribution is 0.108. The highest BCUT2D eigenvalue weighted by atomic mass is 16.3. The van der Waals surface area contributed by atoms with Gasteiger partial charge in [0.25, 0.3) is 0 Å². The summed E-state index contributed by atoms with van der Waals surface area (Å²) < 4.78 is 0. The Bertz CT molecular complexity index is 994. The minimum Gasteiger partial charge on any atom is -0.228 e. The normalized spacial score (nSPS) is 12.6. The van der Waals surface area contributed by atoms with Crippen LogP contribution in [0.5, 0.6) is 0 Å². The molecule has 1 radical (unpaired) electrons. The predicted octanol–water partition coefficient (Wildman–Crippen LogP) is 6.15. The monoisotopic (exact) mass is 297 g/mol. The van der Waals surface area contributed by atoms with Crippen LogP contribution in [-0.4, -0.2) is 0 Å². The molecule has 0 fully saturated rings. The van der Waals surface area contributed by atoms with E-state index in [1.165, 1.54) is 10.8 Å². The molecule has 0 aliphatic heterocycles. The van der Waals surface area contributed by atoms with Gasteiger partial charge in [0.1, 0.15) is 6.10 Å². The van der Waals surface area contributed by atoms with Crippen LogP contribution in [0.2, 0.25) is 0 Å². The Balaban J connectivity index is 2.11. The minimum atomic E-state index is -0.768. The first-order valence-electron chi connectivity index (χ1n) is 7.91. The van der Waals surface area contributed by atoms with Gasteiger partial charge in [-0.25, -0.2) is 5.11 Å². The first-order chi connectivity index (χ1) is 11.3. The molecule has 0 amide bonds. The summed E-state index contributed by atoms with van der Waals surface area (Å²) in [6.45, 7) is 1.73. The third kappa shape index (κ3) is 2.30. The Kier molecular flexibility index (Phi) is 3.36. The van der Waals surface area contributed by atoms with Gasteiger partial charge in [0.2, 0.25) is 0 Å². The second-order valence-corrected chi connectivity index (χ2v) is 5.92. The zero-order chi connectivity index (χ0) is 15.8. The first-order valence-corrected chi connectivity index (χ1v) is 7.91. The second-order valence-electron chi connectivity index (χ2n) is 5.92. The van der Waals surface area contributed by atoms with E-state index in [0.717, 1.165) is 27.5 Å². The van der Waals surface area contributed by atoms with Gasteiger partial charge >= 0.3 is 0 Å². The van der Waals surface area contributed by atoms with Crippen molar-refractivity contribution < 1.29 is 5.11 Å². The number of hydrogen-bond donors (Lipinski definition) is 0. The Morgan fingerprint density at radius 2 is 1.22 bits per heavy atom. The van der Waals surface area contributed by atoms with Gasteiger partial charge in [-0.3, -0.25) is 0 Å². The van der Waals surface area contributed by atoms with Crippen molar-refractivity contribution >= 4 is 21.5 Å². The molecule has 1 atom stereocenters. The maximum Gasteiger partial charge on any atom is 0.116 e. The molecule has 0 aromatic heterocycles. The molecule has 1 nitrogen and oxygen atoms in total. The summed E-state index contributed by atoms with van der Waals surface area (Å²) in [5.74, 6) is 0. The average Bonchev–Trinajstić information content (AvgIpc) is 2.60. The lowest BCUT2D eigenvalue weighted by Crippen LogP contribution is -1.96. The number of benzene rings is 4. The summed E-state index contributed by atoms with van der Waals surface area (Å²) in [5, 5.41) is 17.0. The molecule has 0 saturated carbocycles. The van der Waals surface area contributed by atoms with Crippen LogP contribution < -0.4 is 0 Å². The molecule has 0 saturated heterocycles. The summed E-state index contributed by atoms with van der Waals surface area (Å²) >= 11 is 0. The maximum absolute atomic E-state index is 12.5. The lowest BCUT2D eigenvalue weighted by Gasteiger charge is -2.16. The van der Waals surface area contributed by atoms with Gasteiger partial charge in [-0.15, -0.1) is 0 Å². The van der Waals surface area contributed by atoms with Gasteiger partial charge < -0.3 is 0 Å². The summed E-state index contributed by atoms with van der Waals surface area (Å²) in [7, 11) is 0. The van der Waals surface area contributed by atoms with E-state index in [1.54, 1.807) is 6.92 Å². The minimum absolute atomic E-state index is 0.768. The quantitative estimate of drug-likeness (QED) is 0.423. The van der Waals surface area contributed by atoms with Gasteiger partial charge in [0.05, 0.1) is 0 Å². The molecule has 0 bridgehead atoms. The molecule has 4 rings (SSSR count). The summed E-state index contributed by atoms with van der Waals surface area (Å²) in [5.41, 5.74) is 3.06. The molecule has 0 N–H and O–H groups in total. The van der Waals surface area contributed by atoms with Crippen LogP contribution in [-0.2, 0) is 5.11 Å². The molecule has 111 valence electrons. The fraction of sp³-hybridized carbons (Fsp3) is 0.0909. The van der Waals surface area contributed by atoms with Crippen molar-refractivity contribution in [1.29, 1.82) is 0 Å². The van der Waals surface area contributed by atoms with Crippen LogP contribution in [0.15, 0.2) is 78.9 Å². The van der Waals surface area contributed by atoms with Crippen molar-refractivity contribution in [2.24, 2.45) is 0 Å². The summed E-state index contributed by atoms with van der Waals surface area (Å²) in [6, 6.07) is 26.9. The van der Waals surface area contributed by atoms with Gasteiger partial charge in [-0.05, 0) is 45.2 Å². The molecule has 4 aromatic carbocycles. The summed E-state index contributed by atoms with van der Waals surface area (Å²) in [6.07, 6.45) is -0.768. The first kappa shape index (κ1) is 14.0. The molecule has 1 heteroatoms. The van der Waals surface area contributed by atoms with E-state index in [2.05, 4.69) is 48.5 Å². The fourth-order valence-electron chi connectivity index (χ4n) is 3.43. The van der Waals surface area contributed by atoms with Crippen molar-refractivity contribution in [2.45, 2.75) is 13.0 Å². The topological polar surface area (TPSA) is 19.9 Å². The van der Waals surface area contributed by atoms with Crippen molar-refractivity contribution in [2.75, 3.05) is 0 Å². The zero-order valence-corrected chi connectivity index (χ0v) is 13.0. The Morgan fingerprint density at radius 3 is 1.96 bits per heavy atom. The van der Waals surface area contributed by atoms with Crippen LogP contribution in [0.4, 0.5) is 0 Å². The number of rotatable bonds is 2. The van der Waals surface area contributed by atoms with Crippen molar-refractivity contribution in [1.82, 2.24) is 0 Å². The maximum atomic E-state index is 12.5. The molecule has 23 heavy (non-hydrogen) atoms. The smallest absolute Gasteiger partial charge is 0.116 e. The van der Waals surface area contributed by atoms with E-state index in [4.69, 9.17) is 0 Å². The van der Waals surface area contributed by atoms with E-state index in [1.807, 2.05) is 30.3 Å². The standard InChI is InChI=1S/C22H17O/c1-15(23)22-19-11-5-3-8-17(19)13-14-21(22)20-12-6-9-16-7-2-4-10-18(16)20/h2-15H,1H3. The van der Waals surface area contributed by atoms with E-state index < -0.39 is 6.10 Å². The van der Waals surface area contributed by atoms with Crippen LogP contribution in [0.25, 0.3) is 32.7 Å². The van der Waals surface area contributed by atoms with Crippen molar-refractivity contribution in [3.63, 3.8) is 0 Å². The highest BCUT2D eigenvalue weighted by molar-refractivity contribution is 6.01. The molecule has 0 aliphatic rings. The third-order valence-corrected chi connectivity index (χ3v) is 4.46. The van der Waals surface area contributed by atoms with Crippen LogP contribution in [0.1, 0.15) is 18.6 Å². The third-order valence-electron chi connectivity index (χ3n) is 4.46. The number of hydrogen-bond acceptors (Lipinski definition) is 0. The molecule has 0 spiro atoms. The van der Waals surface area contributed by atoms with E-state index in [0.29, 0.717) is 0 Å². The summed E-state index contributed by atoms with van der Waals surface area (Å²) in [4.78, 5) is 0. The van der Waals surface area contributed by atoms with Crippen LogP contribution in [0.3, 0.4) is 0 Å². The lowest BCUT2D eigenvalue weighted by atomic mass is 9.89. The van der Waals surface area contributed by atoms with Crippen LogP contribution >= 0.6 is 0 Å². The predicted molar refractivity (Wildman–Crippen MR) is 96.0 cm³/mol. The highest BCUT2D eigenvalue weighted by Gasteiger charge is 2.16. The Morgan fingerprint density at radius 1 is 0.609 bits per heavy atom. The van der Waals surface area contributed by atoms with E-state index in [-0.39, 0.29) is 0 Å².